The first-order valence-electron chi connectivity index (χ1n) is 6.55. The van der Waals surface area contributed by atoms with E-state index in [0.717, 1.165) is 11.3 Å². The van der Waals surface area contributed by atoms with Gasteiger partial charge < -0.3 is 10.3 Å². The maximum absolute atomic E-state index is 6.04. The Morgan fingerprint density at radius 1 is 1.05 bits per heavy atom. The van der Waals surface area contributed by atoms with Gasteiger partial charge in [-0.05, 0) is 42.9 Å². The quantitative estimate of drug-likeness (QED) is 0.836. The van der Waals surface area contributed by atoms with Gasteiger partial charge in [-0.3, -0.25) is 0 Å². The Morgan fingerprint density at radius 2 is 1.58 bits per heavy atom. The number of rotatable bonds is 1. The highest BCUT2D eigenvalue weighted by molar-refractivity contribution is 5.77. The third-order valence-corrected chi connectivity index (χ3v) is 3.53. The van der Waals surface area contributed by atoms with Crippen LogP contribution in [0.4, 0.5) is 5.69 Å². The molecular formula is C16H22N2O. The maximum Gasteiger partial charge on any atom is 0.190 e. The van der Waals surface area contributed by atoms with Crippen molar-refractivity contribution in [3.05, 3.63) is 34.5 Å². The van der Waals surface area contributed by atoms with Crippen molar-refractivity contribution < 1.29 is 4.52 Å². The molecule has 0 aliphatic rings. The zero-order chi connectivity index (χ0) is 14.4. The molecule has 1 aromatic heterocycles. The molecule has 0 saturated heterocycles. The molecule has 0 fully saturated rings. The highest BCUT2D eigenvalue weighted by Crippen LogP contribution is 2.36. The minimum absolute atomic E-state index is 0.136. The summed E-state index contributed by atoms with van der Waals surface area (Å²) in [5, 5.41) is 3.95. The minimum atomic E-state index is 0.136. The van der Waals surface area contributed by atoms with E-state index in [1.165, 1.54) is 16.7 Å². The molecule has 19 heavy (non-hydrogen) atoms. The number of aryl methyl sites for hydroxylation is 3. The van der Waals surface area contributed by atoms with E-state index in [2.05, 4.69) is 51.9 Å². The number of aromatic nitrogens is 1. The Morgan fingerprint density at radius 3 is 1.95 bits per heavy atom. The van der Waals surface area contributed by atoms with Crippen LogP contribution in [0.15, 0.2) is 16.7 Å². The van der Waals surface area contributed by atoms with Gasteiger partial charge >= 0.3 is 0 Å². The van der Waals surface area contributed by atoms with E-state index in [9.17, 15) is 0 Å². The summed E-state index contributed by atoms with van der Waals surface area (Å²) in [4.78, 5) is 0. The van der Waals surface area contributed by atoms with Crippen molar-refractivity contribution in [3.63, 3.8) is 0 Å². The van der Waals surface area contributed by atoms with Crippen LogP contribution in [0.2, 0.25) is 0 Å². The summed E-state index contributed by atoms with van der Waals surface area (Å²) < 4.78 is 5.39. The molecule has 1 aromatic carbocycles. The highest BCUT2D eigenvalue weighted by Gasteiger charge is 2.20. The number of benzene rings is 1. The molecule has 3 nitrogen and oxygen atoms in total. The molecule has 0 spiro atoms. The van der Waals surface area contributed by atoms with E-state index in [0.29, 0.717) is 11.4 Å². The van der Waals surface area contributed by atoms with Crippen molar-refractivity contribution in [2.24, 2.45) is 0 Å². The summed E-state index contributed by atoms with van der Waals surface area (Å²) in [5.41, 5.74) is 12.3. The van der Waals surface area contributed by atoms with Crippen LogP contribution in [-0.2, 0) is 5.41 Å². The highest BCUT2D eigenvalue weighted by atomic mass is 16.5. The summed E-state index contributed by atoms with van der Waals surface area (Å²) in [5.74, 6) is 0.688. The molecule has 0 aliphatic carbocycles. The van der Waals surface area contributed by atoms with Gasteiger partial charge in [-0.25, -0.2) is 0 Å². The molecule has 0 unspecified atom stereocenters. The fraction of sp³-hybridized carbons (Fsp3) is 0.438. The van der Waals surface area contributed by atoms with E-state index in [-0.39, 0.29) is 5.41 Å². The van der Waals surface area contributed by atoms with Gasteiger partial charge in [0.15, 0.2) is 5.76 Å². The van der Waals surface area contributed by atoms with Crippen molar-refractivity contribution in [1.82, 2.24) is 5.16 Å². The standard InChI is InChI=1S/C16H22N2O/c1-9-7-12(16(4,5)6)8-10(2)13(9)15-14(17)11(3)18-19-15/h7-8H,17H2,1-6H3. The first kappa shape index (κ1) is 13.7. The molecule has 1 heterocycles. The number of hydrogen-bond acceptors (Lipinski definition) is 3. The molecule has 0 atom stereocenters. The van der Waals surface area contributed by atoms with E-state index in [1.807, 2.05) is 6.92 Å². The average molecular weight is 258 g/mol. The second-order valence-electron chi connectivity index (χ2n) is 6.25. The molecule has 2 rings (SSSR count). The third-order valence-electron chi connectivity index (χ3n) is 3.53. The number of hydrogen-bond donors (Lipinski definition) is 1. The molecule has 102 valence electrons. The largest absolute Gasteiger partial charge is 0.394 e. The summed E-state index contributed by atoms with van der Waals surface area (Å²) in [6, 6.07) is 4.42. The second-order valence-corrected chi connectivity index (χ2v) is 6.25. The van der Waals surface area contributed by atoms with Crippen LogP contribution in [0.25, 0.3) is 11.3 Å². The number of nitrogen functional groups attached to an aromatic ring is 1. The summed E-state index contributed by atoms with van der Waals surface area (Å²) in [6.45, 7) is 12.7. The van der Waals surface area contributed by atoms with Crippen LogP contribution in [0.1, 0.15) is 43.2 Å². The van der Waals surface area contributed by atoms with Gasteiger partial charge in [-0.2, -0.15) is 0 Å². The normalized spacial score (nSPS) is 11.9. The average Bonchev–Trinajstić information content (AvgIpc) is 2.59. The fourth-order valence-electron chi connectivity index (χ4n) is 2.31. The van der Waals surface area contributed by atoms with Crippen LogP contribution >= 0.6 is 0 Å². The smallest absolute Gasteiger partial charge is 0.190 e. The minimum Gasteiger partial charge on any atom is -0.394 e. The molecule has 0 amide bonds. The summed E-state index contributed by atoms with van der Waals surface area (Å²) in [7, 11) is 0. The zero-order valence-corrected chi connectivity index (χ0v) is 12.6. The van der Waals surface area contributed by atoms with Crippen LogP contribution in [0.5, 0.6) is 0 Å². The van der Waals surface area contributed by atoms with Gasteiger partial charge in [0.25, 0.3) is 0 Å². The van der Waals surface area contributed by atoms with Crippen LogP contribution < -0.4 is 5.73 Å². The Balaban J connectivity index is 2.64. The fourth-order valence-corrected chi connectivity index (χ4v) is 2.31. The Hall–Kier alpha value is -1.77. The van der Waals surface area contributed by atoms with Gasteiger partial charge in [-0.1, -0.05) is 38.1 Å². The van der Waals surface area contributed by atoms with E-state index in [1.54, 1.807) is 0 Å². The first-order valence-corrected chi connectivity index (χ1v) is 6.55. The van der Waals surface area contributed by atoms with Crippen molar-refractivity contribution >= 4 is 5.69 Å². The van der Waals surface area contributed by atoms with Gasteiger partial charge in [0, 0.05) is 5.56 Å². The molecule has 0 saturated carbocycles. The first-order chi connectivity index (χ1) is 8.71. The van der Waals surface area contributed by atoms with Gasteiger partial charge in [0.1, 0.15) is 11.4 Å². The molecule has 0 bridgehead atoms. The lowest BCUT2D eigenvalue weighted by Crippen LogP contribution is -2.12. The summed E-state index contributed by atoms with van der Waals surface area (Å²) in [6.07, 6.45) is 0. The van der Waals surface area contributed by atoms with Crippen LogP contribution in [-0.4, -0.2) is 5.16 Å². The third kappa shape index (κ3) is 2.37. The van der Waals surface area contributed by atoms with Gasteiger partial charge in [0.2, 0.25) is 0 Å². The van der Waals surface area contributed by atoms with Gasteiger partial charge in [0.05, 0.1) is 0 Å². The zero-order valence-electron chi connectivity index (χ0n) is 12.6. The lowest BCUT2D eigenvalue weighted by atomic mass is 9.83. The molecule has 0 radical (unpaired) electrons. The van der Waals surface area contributed by atoms with E-state index < -0.39 is 0 Å². The number of nitrogens with zero attached hydrogens (tertiary/aromatic N) is 1. The lowest BCUT2D eigenvalue weighted by Gasteiger charge is -2.21. The molecular weight excluding hydrogens is 236 g/mol. The Kier molecular flexibility index (Phi) is 3.17. The molecule has 3 heteroatoms. The monoisotopic (exact) mass is 258 g/mol. The van der Waals surface area contributed by atoms with Crippen molar-refractivity contribution in [1.29, 1.82) is 0 Å². The SMILES string of the molecule is Cc1cc(C(C)(C)C)cc(C)c1-c1onc(C)c1N. The molecule has 0 aliphatic heterocycles. The van der Waals surface area contributed by atoms with E-state index >= 15 is 0 Å². The van der Waals surface area contributed by atoms with Crippen molar-refractivity contribution in [2.45, 2.75) is 47.0 Å². The topological polar surface area (TPSA) is 52.0 Å². The number of nitrogens with two attached hydrogens (primary N) is 1. The van der Waals surface area contributed by atoms with Crippen LogP contribution in [0.3, 0.4) is 0 Å². The Bertz CT molecular complexity index is 595. The Labute approximate surface area is 114 Å². The maximum atomic E-state index is 6.04. The lowest BCUT2D eigenvalue weighted by molar-refractivity contribution is 0.427. The van der Waals surface area contributed by atoms with E-state index in [4.69, 9.17) is 10.3 Å². The predicted molar refractivity (Wildman–Crippen MR) is 79.3 cm³/mol. The van der Waals surface area contributed by atoms with Crippen molar-refractivity contribution in [2.75, 3.05) is 5.73 Å². The van der Waals surface area contributed by atoms with Gasteiger partial charge in [-0.15, -0.1) is 0 Å². The second kappa shape index (κ2) is 4.41. The summed E-state index contributed by atoms with van der Waals surface area (Å²) >= 11 is 0. The molecule has 2 N–H and O–H groups in total. The molecule has 2 aromatic rings. The predicted octanol–water partition coefficient (Wildman–Crippen LogP) is 4.15. The van der Waals surface area contributed by atoms with Crippen molar-refractivity contribution in [3.8, 4) is 11.3 Å². The van der Waals surface area contributed by atoms with Crippen LogP contribution in [0, 0.1) is 20.8 Å². The number of anilines is 1.